The first kappa shape index (κ1) is 14.2. The number of methoxy groups -OCH3 is 1. The van der Waals surface area contributed by atoms with Crippen LogP contribution in [0, 0.1) is 0 Å². The number of likely N-dealkylation sites (N-methyl/N-ethyl adjacent to an activating group) is 2. The van der Waals surface area contributed by atoms with Crippen molar-refractivity contribution in [3.8, 4) is 0 Å². The van der Waals surface area contributed by atoms with Gasteiger partial charge in [0.05, 0.1) is 6.61 Å². The van der Waals surface area contributed by atoms with Gasteiger partial charge < -0.3 is 10.1 Å². The Morgan fingerprint density at radius 1 is 1.29 bits per heavy atom. The smallest absolute Gasteiger partial charge is 0.0589 e. The van der Waals surface area contributed by atoms with Crippen molar-refractivity contribution in [2.45, 2.75) is 13.0 Å². The van der Waals surface area contributed by atoms with Gasteiger partial charge in [0.2, 0.25) is 0 Å². The molecule has 17 heavy (non-hydrogen) atoms. The molecule has 1 unspecified atom stereocenters. The van der Waals surface area contributed by atoms with Crippen LogP contribution in [0.15, 0.2) is 30.3 Å². The first-order chi connectivity index (χ1) is 8.31. The molecule has 0 aliphatic rings. The molecular formula is C14H24N2O. The van der Waals surface area contributed by atoms with E-state index in [2.05, 4.69) is 47.5 Å². The number of nitrogens with one attached hydrogen (secondary N) is 1. The summed E-state index contributed by atoms with van der Waals surface area (Å²) in [5, 5.41) is 3.38. The van der Waals surface area contributed by atoms with E-state index in [1.165, 1.54) is 5.56 Å². The van der Waals surface area contributed by atoms with Gasteiger partial charge in [0, 0.05) is 26.2 Å². The van der Waals surface area contributed by atoms with Gasteiger partial charge in [-0.2, -0.15) is 0 Å². The average Bonchev–Trinajstić information content (AvgIpc) is 2.40. The minimum absolute atomic E-state index is 0.382. The maximum Gasteiger partial charge on any atom is 0.0589 e. The van der Waals surface area contributed by atoms with Crippen LogP contribution in [0.1, 0.15) is 18.5 Å². The van der Waals surface area contributed by atoms with E-state index in [1.54, 1.807) is 7.11 Å². The number of hydrogen-bond donors (Lipinski definition) is 1. The minimum atomic E-state index is 0.382. The van der Waals surface area contributed by atoms with Crippen LogP contribution in [0.2, 0.25) is 0 Å². The zero-order valence-electron chi connectivity index (χ0n) is 11.1. The summed E-state index contributed by atoms with van der Waals surface area (Å²) in [4.78, 5) is 2.40. The van der Waals surface area contributed by atoms with E-state index in [1.807, 2.05) is 7.05 Å². The number of benzene rings is 1. The van der Waals surface area contributed by atoms with E-state index in [4.69, 9.17) is 4.74 Å². The van der Waals surface area contributed by atoms with E-state index in [-0.39, 0.29) is 0 Å². The van der Waals surface area contributed by atoms with Gasteiger partial charge in [-0.25, -0.2) is 0 Å². The van der Waals surface area contributed by atoms with Crippen molar-refractivity contribution in [3.05, 3.63) is 35.9 Å². The molecule has 0 saturated carbocycles. The lowest BCUT2D eigenvalue weighted by Gasteiger charge is -2.26. The van der Waals surface area contributed by atoms with Gasteiger partial charge in [0.15, 0.2) is 0 Å². The van der Waals surface area contributed by atoms with Crippen LogP contribution >= 0.6 is 0 Å². The highest BCUT2D eigenvalue weighted by atomic mass is 16.5. The minimum Gasteiger partial charge on any atom is -0.383 e. The Morgan fingerprint density at radius 3 is 2.53 bits per heavy atom. The third-order valence-electron chi connectivity index (χ3n) is 3.05. The second kappa shape index (κ2) is 8.23. The quantitative estimate of drug-likeness (QED) is 0.746. The van der Waals surface area contributed by atoms with Crippen LogP contribution < -0.4 is 5.32 Å². The van der Waals surface area contributed by atoms with Crippen LogP contribution in [0.3, 0.4) is 0 Å². The summed E-state index contributed by atoms with van der Waals surface area (Å²) in [7, 11) is 3.77. The Labute approximate surface area is 105 Å². The Kier molecular flexibility index (Phi) is 6.86. The highest BCUT2D eigenvalue weighted by molar-refractivity contribution is 5.19. The molecule has 0 amide bonds. The maximum absolute atomic E-state index is 5.13. The number of hydrogen-bond acceptors (Lipinski definition) is 3. The number of ether oxygens (including phenoxy) is 1. The van der Waals surface area contributed by atoms with Crippen molar-refractivity contribution in [2.24, 2.45) is 0 Å². The predicted molar refractivity (Wildman–Crippen MR) is 72.2 cm³/mol. The summed E-state index contributed by atoms with van der Waals surface area (Å²) in [5.74, 6) is 0. The van der Waals surface area contributed by atoms with Crippen molar-refractivity contribution >= 4 is 0 Å². The van der Waals surface area contributed by atoms with E-state index in [9.17, 15) is 0 Å². The molecule has 1 atom stereocenters. The molecule has 1 aromatic carbocycles. The average molecular weight is 236 g/mol. The molecule has 0 spiro atoms. The summed E-state index contributed by atoms with van der Waals surface area (Å²) in [6.07, 6.45) is 0. The fraction of sp³-hybridized carbons (Fsp3) is 0.571. The molecule has 0 aliphatic carbocycles. The molecule has 3 nitrogen and oxygen atoms in total. The van der Waals surface area contributed by atoms with Crippen LogP contribution in [0.4, 0.5) is 0 Å². The largest absolute Gasteiger partial charge is 0.383 e. The monoisotopic (exact) mass is 236 g/mol. The fourth-order valence-electron chi connectivity index (χ4n) is 1.91. The molecule has 0 bridgehead atoms. The highest BCUT2D eigenvalue weighted by Crippen LogP contribution is 2.13. The zero-order valence-corrected chi connectivity index (χ0v) is 11.1. The first-order valence-electron chi connectivity index (χ1n) is 6.25. The SMILES string of the molecule is CCN(CCOC)CC(NC)c1ccccc1. The maximum atomic E-state index is 5.13. The Morgan fingerprint density at radius 2 is 2.00 bits per heavy atom. The predicted octanol–water partition coefficient (Wildman–Crippen LogP) is 1.92. The third kappa shape index (κ3) is 4.86. The molecule has 0 aromatic heterocycles. The van der Waals surface area contributed by atoms with E-state index in [0.717, 1.165) is 26.2 Å². The zero-order chi connectivity index (χ0) is 12.5. The van der Waals surface area contributed by atoms with Crippen LogP contribution in [-0.2, 0) is 4.74 Å². The molecule has 0 saturated heterocycles. The first-order valence-corrected chi connectivity index (χ1v) is 6.25. The molecule has 0 heterocycles. The van der Waals surface area contributed by atoms with Crippen molar-refractivity contribution in [3.63, 3.8) is 0 Å². The van der Waals surface area contributed by atoms with Crippen molar-refractivity contribution in [1.82, 2.24) is 10.2 Å². The molecule has 1 aromatic rings. The Hall–Kier alpha value is -0.900. The van der Waals surface area contributed by atoms with E-state index in [0.29, 0.717) is 6.04 Å². The number of rotatable bonds is 8. The lowest BCUT2D eigenvalue weighted by Crippen LogP contribution is -2.35. The molecule has 0 aliphatic heterocycles. The van der Waals surface area contributed by atoms with Crippen molar-refractivity contribution < 1.29 is 4.74 Å². The van der Waals surface area contributed by atoms with Gasteiger partial charge in [-0.3, -0.25) is 4.90 Å². The Balaban J connectivity index is 2.56. The van der Waals surface area contributed by atoms with E-state index >= 15 is 0 Å². The summed E-state index contributed by atoms with van der Waals surface area (Å²) >= 11 is 0. The summed E-state index contributed by atoms with van der Waals surface area (Å²) in [5.41, 5.74) is 1.34. The van der Waals surface area contributed by atoms with Crippen molar-refractivity contribution in [1.29, 1.82) is 0 Å². The normalized spacial score (nSPS) is 12.9. The summed E-state index contributed by atoms with van der Waals surface area (Å²) < 4.78 is 5.13. The van der Waals surface area contributed by atoms with Gasteiger partial charge >= 0.3 is 0 Å². The highest BCUT2D eigenvalue weighted by Gasteiger charge is 2.12. The molecule has 0 fully saturated rings. The molecule has 0 radical (unpaired) electrons. The second-order valence-electron chi connectivity index (χ2n) is 4.14. The molecule has 1 rings (SSSR count). The standard InChI is InChI=1S/C14H24N2O/c1-4-16(10-11-17-3)12-14(15-2)13-8-6-5-7-9-13/h5-9,14-15H,4,10-12H2,1-3H3. The number of nitrogens with zero attached hydrogens (tertiary/aromatic N) is 1. The molecular weight excluding hydrogens is 212 g/mol. The van der Waals surface area contributed by atoms with E-state index < -0.39 is 0 Å². The lowest BCUT2D eigenvalue weighted by molar-refractivity contribution is 0.144. The molecule has 1 N–H and O–H groups in total. The lowest BCUT2D eigenvalue weighted by atomic mass is 10.1. The van der Waals surface area contributed by atoms with Crippen molar-refractivity contribution in [2.75, 3.05) is 40.4 Å². The van der Waals surface area contributed by atoms with Gasteiger partial charge in [-0.15, -0.1) is 0 Å². The molecule has 96 valence electrons. The summed E-state index contributed by atoms with van der Waals surface area (Å²) in [6, 6.07) is 11.0. The van der Waals surface area contributed by atoms with Crippen LogP contribution in [0.25, 0.3) is 0 Å². The second-order valence-corrected chi connectivity index (χ2v) is 4.14. The van der Waals surface area contributed by atoms with Crippen LogP contribution in [-0.4, -0.2) is 45.3 Å². The topological polar surface area (TPSA) is 24.5 Å². The van der Waals surface area contributed by atoms with Gasteiger partial charge in [0.1, 0.15) is 0 Å². The Bertz CT molecular complexity index is 290. The van der Waals surface area contributed by atoms with Crippen LogP contribution in [0.5, 0.6) is 0 Å². The van der Waals surface area contributed by atoms with Gasteiger partial charge in [-0.05, 0) is 19.2 Å². The third-order valence-corrected chi connectivity index (χ3v) is 3.05. The summed E-state index contributed by atoms with van der Waals surface area (Å²) in [6.45, 7) is 6.03. The van der Waals surface area contributed by atoms with Gasteiger partial charge in [-0.1, -0.05) is 37.3 Å². The fourth-order valence-corrected chi connectivity index (χ4v) is 1.91. The molecule has 3 heteroatoms. The van der Waals surface area contributed by atoms with Gasteiger partial charge in [0.25, 0.3) is 0 Å².